The number of rotatable bonds is 3. The zero-order chi connectivity index (χ0) is 14.6. The molecule has 0 radical (unpaired) electrons. The third-order valence-electron chi connectivity index (χ3n) is 2.21. The summed E-state index contributed by atoms with van der Waals surface area (Å²) in [5, 5.41) is 1.80. The molecule has 19 heavy (non-hydrogen) atoms. The fourth-order valence-corrected chi connectivity index (χ4v) is 1.50. The lowest BCUT2D eigenvalue weighted by atomic mass is 10.1. The first kappa shape index (κ1) is 15.3. The van der Waals surface area contributed by atoms with Gasteiger partial charge in [-0.25, -0.2) is 0 Å². The van der Waals surface area contributed by atoms with Gasteiger partial charge in [-0.05, 0) is 18.2 Å². The van der Waals surface area contributed by atoms with Gasteiger partial charge in [-0.3, -0.25) is 4.79 Å². The molecule has 0 aliphatic rings. The van der Waals surface area contributed by atoms with Gasteiger partial charge in [-0.1, -0.05) is 11.6 Å². The molecule has 1 amide bonds. The number of nitrogens with two attached hydrogens (primary N) is 1. The summed E-state index contributed by atoms with van der Waals surface area (Å²) in [6.45, 7) is 0. The number of halogens is 4. The first-order valence-electron chi connectivity index (χ1n) is 5.12. The predicted octanol–water partition coefficient (Wildman–Crippen LogP) is 2.65. The maximum atomic E-state index is 12.6. The molecule has 1 atom stereocenters. The number of alkyl halides is 3. The highest BCUT2D eigenvalue weighted by Gasteiger charge is 2.33. The molecule has 0 heterocycles. The maximum absolute atomic E-state index is 12.6. The minimum atomic E-state index is -4.60. The van der Waals surface area contributed by atoms with Gasteiger partial charge in [0, 0.05) is 12.1 Å². The minimum absolute atomic E-state index is 0.00838. The molecule has 0 aliphatic heterocycles. The average molecular weight is 291 g/mol. The number of amides is 1. The van der Waals surface area contributed by atoms with Crippen molar-refractivity contribution in [3.8, 4) is 12.3 Å². The molecule has 7 heteroatoms. The predicted molar refractivity (Wildman–Crippen MR) is 66.5 cm³/mol. The van der Waals surface area contributed by atoms with E-state index in [9.17, 15) is 18.0 Å². The largest absolute Gasteiger partial charge is 0.417 e. The molecule has 1 rings (SSSR count). The van der Waals surface area contributed by atoms with Crippen LogP contribution in [0.1, 0.15) is 12.0 Å². The average Bonchev–Trinajstić information content (AvgIpc) is 2.30. The van der Waals surface area contributed by atoms with Crippen LogP contribution >= 0.6 is 11.6 Å². The Morgan fingerprint density at radius 2 is 2.16 bits per heavy atom. The van der Waals surface area contributed by atoms with Crippen LogP contribution in [0, 0.1) is 12.3 Å². The molecule has 1 unspecified atom stereocenters. The molecule has 0 fully saturated rings. The van der Waals surface area contributed by atoms with E-state index in [2.05, 4.69) is 11.2 Å². The summed E-state index contributed by atoms with van der Waals surface area (Å²) < 4.78 is 37.8. The van der Waals surface area contributed by atoms with Crippen LogP contribution in [0.3, 0.4) is 0 Å². The van der Waals surface area contributed by atoms with Crippen molar-refractivity contribution >= 4 is 23.2 Å². The Hall–Kier alpha value is -1.71. The van der Waals surface area contributed by atoms with Crippen LogP contribution in [0.4, 0.5) is 18.9 Å². The number of hydrogen-bond donors (Lipinski definition) is 2. The van der Waals surface area contributed by atoms with Gasteiger partial charge in [0.25, 0.3) is 0 Å². The van der Waals surface area contributed by atoms with E-state index >= 15 is 0 Å². The first-order chi connectivity index (χ1) is 8.75. The van der Waals surface area contributed by atoms with Crippen molar-refractivity contribution in [3.05, 3.63) is 28.8 Å². The molecule has 0 saturated heterocycles. The Morgan fingerprint density at radius 3 is 2.68 bits per heavy atom. The van der Waals surface area contributed by atoms with Gasteiger partial charge in [0.2, 0.25) is 5.91 Å². The smallest absolute Gasteiger partial charge is 0.325 e. The van der Waals surface area contributed by atoms with E-state index in [4.69, 9.17) is 23.8 Å². The SMILES string of the molecule is C#CCC(N)C(=O)Nc1ccc(Cl)c(C(F)(F)F)c1. The maximum Gasteiger partial charge on any atom is 0.417 e. The molecule has 0 aliphatic carbocycles. The number of hydrogen-bond acceptors (Lipinski definition) is 2. The molecular weight excluding hydrogens is 281 g/mol. The van der Waals surface area contributed by atoms with Crippen LogP contribution < -0.4 is 11.1 Å². The van der Waals surface area contributed by atoms with Gasteiger partial charge in [0.15, 0.2) is 0 Å². The summed E-state index contributed by atoms with van der Waals surface area (Å²) in [4.78, 5) is 11.5. The Bertz CT molecular complexity index is 523. The van der Waals surface area contributed by atoms with E-state index in [1.807, 2.05) is 0 Å². The van der Waals surface area contributed by atoms with Crippen molar-refractivity contribution in [3.63, 3.8) is 0 Å². The molecule has 102 valence electrons. The van der Waals surface area contributed by atoms with Crippen LogP contribution in [0.5, 0.6) is 0 Å². The van der Waals surface area contributed by atoms with E-state index < -0.39 is 28.7 Å². The number of carbonyl (C=O) groups is 1. The Kier molecular flexibility index (Phi) is 4.81. The molecular formula is C12H10ClF3N2O. The van der Waals surface area contributed by atoms with Crippen molar-refractivity contribution in [1.82, 2.24) is 0 Å². The van der Waals surface area contributed by atoms with Gasteiger partial charge < -0.3 is 11.1 Å². The summed E-state index contributed by atoms with van der Waals surface area (Å²) in [7, 11) is 0. The standard InChI is InChI=1S/C12H10ClF3N2O/c1-2-3-10(17)11(19)18-7-4-5-9(13)8(6-7)12(14,15)16/h1,4-6,10H,3,17H2,(H,18,19). The first-order valence-corrected chi connectivity index (χ1v) is 5.50. The quantitative estimate of drug-likeness (QED) is 0.841. The monoisotopic (exact) mass is 290 g/mol. The highest BCUT2D eigenvalue weighted by Crippen LogP contribution is 2.36. The number of nitrogens with one attached hydrogen (secondary N) is 1. The van der Waals surface area contributed by atoms with Gasteiger partial charge in [-0.15, -0.1) is 12.3 Å². The highest BCUT2D eigenvalue weighted by atomic mass is 35.5. The van der Waals surface area contributed by atoms with E-state index in [-0.39, 0.29) is 12.1 Å². The second-order valence-electron chi connectivity index (χ2n) is 3.70. The fourth-order valence-electron chi connectivity index (χ4n) is 1.27. The third-order valence-corrected chi connectivity index (χ3v) is 2.54. The normalized spacial score (nSPS) is 12.6. The zero-order valence-electron chi connectivity index (χ0n) is 9.59. The van der Waals surface area contributed by atoms with Gasteiger partial charge in [-0.2, -0.15) is 13.2 Å². The highest BCUT2D eigenvalue weighted by molar-refractivity contribution is 6.31. The van der Waals surface area contributed by atoms with Crippen LogP contribution in [0.15, 0.2) is 18.2 Å². The van der Waals surface area contributed by atoms with Crippen LogP contribution in [-0.2, 0) is 11.0 Å². The number of benzene rings is 1. The van der Waals surface area contributed by atoms with E-state index in [1.54, 1.807) is 0 Å². The zero-order valence-corrected chi connectivity index (χ0v) is 10.3. The van der Waals surface area contributed by atoms with Gasteiger partial charge >= 0.3 is 6.18 Å². The summed E-state index contributed by atoms with van der Waals surface area (Å²) in [6, 6.07) is 2.06. The fraction of sp³-hybridized carbons (Fsp3) is 0.250. The second-order valence-corrected chi connectivity index (χ2v) is 4.10. The van der Waals surface area contributed by atoms with Gasteiger partial charge in [0.05, 0.1) is 16.6 Å². The number of terminal acetylenes is 1. The van der Waals surface area contributed by atoms with Crippen LogP contribution in [0.25, 0.3) is 0 Å². The Balaban J connectivity index is 2.93. The molecule has 1 aromatic rings. The topological polar surface area (TPSA) is 55.1 Å². The van der Waals surface area contributed by atoms with E-state index in [0.717, 1.165) is 12.1 Å². The van der Waals surface area contributed by atoms with Gasteiger partial charge in [0.1, 0.15) is 0 Å². The summed E-state index contributed by atoms with van der Waals surface area (Å²) in [6.07, 6.45) is 0.379. The summed E-state index contributed by atoms with van der Waals surface area (Å²) >= 11 is 5.45. The lowest BCUT2D eigenvalue weighted by molar-refractivity contribution is -0.137. The Labute approximate surface area is 112 Å². The molecule has 0 saturated carbocycles. The molecule has 3 nitrogen and oxygen atoms in total. The van der Waals surface area contributed by atoms with Crippen LogP contribution in [-0.4, -0.2) is 11.9 Å². The third kappa shape index (κ3) is 4.16. The molecule has 0 aromatic heterocycles. The van der Waals surface area contributed by atoms with E-state index in [0.29, 0.717) is 0 Å². The molecule has 0 spiro atoms. The second kappa shape index (κ2) is 5.95. The van der Waals surface area contributed by atoms with Crippen molar-refractivity contribution in [2.75, 3.05) is 5.32 Å². The van der Waals surface area contributed by atoms with Crippen molar-refractivity contribution in [2.45, 2.75) is 18.6 Å². The number of anilines is 1. The summed E-state index contributed by atoms with van der Waals surface area (Å²) in [5.41, 5.74) is 4.35. The lowest BCUT2D eigenvalue weighted by Gasteiger charge is -2.13. The number of carbonyl (C=O) groups excluding carboxylic acids is 1. The molecule has 3 N–H and O–H groups in total. The molecule has 0 bridgehead atoms. The van der Waals surface area contributed by atoms with E-state index in [1.165, 1.54) is 6.07 Å². The summed E-state index contributed by atoms with van der Waals surface area (Å²) in [5.74, 6) is 1.53. The van der Waals surface area contributed by atoms with Crippen LogP contribution in [0.2, 0.25) is 5.02 Å². The van der Waals surface area contributed by atoms with Crippen molar-refractivity contribution < 1.29 is 18.0 Å². The van der Waals surface area contributed by atoms with Crippen molar-refractivity contribution in [1.29, 1.82) is 0 Å². The Morgan fingerprint density at radius 1 is 1.53 bits per heavy atom. The minimum Gasteiger partial charge on any atom is -0.325 e. The lowest BCUT2D eigenvalue weighted by Crippen LogP contribution is -2.35. The molecule has 1 aromatic carbocycles. The van der Waals surface area contributed by atoms with Crippen molar-refractivity contribution in [2.24, 2.45) is 5.73 Å².